The van der Waals surface area contributed by atoms with Crippen LogP contribution in [0.1, 0.15) is 23.9 Å². The summed E-state index contributed by atoms with van der Waals surface area (Å²) in [6.07, 6.45) is 2.77. The van der Waals surface area contributed by atoms with E-state index >= 15 is 0 Å². The van der Waals surface area contributed by atoms with Gasteiger partial charge in [0.25, 0.3) is 5.91 Å². The van der Waals surface area contributed by atoms with Crippen molar-refractivity contribution in [3.05, 3.63) is 24.2 Å². The van der Waals surface area contributed by atoms with Crippen LogP contribution in [0, 0.1) is 11.8 Å². The molecule has 0 spiro atoms. The van der Waals surface area contributed by atoms with Crippen LogP contribution in [-0.4, -0.2) is 24.4 Å². The highest BCUT2D eigenvalue weighted by Crippen LogP contribution is 2.38. The summed E-state index contributed by atoms with van der Waals surface area (Å²) in [5, 5.41) is 0. The first-order chi connectivity index (χ1) is 6.68. The molecular weight excluding hydrogens is 178 g/mol. The summed E-state index contributed by atoms with van der Waals surface area (Å²) in [7, 11) is 1.83. The van der Waals surface area contributed by atoms with Crippen molar-refractivity contribution in [2.45, 2.75) is 13.3 Å². The number of hydrogen-bond donors (Lipinski definition) is 0. The molecule has 1 heterocycles. The van der Waals surface area contributed by atoms with Gasteiger partial charge in [-0.3, -0.25) is 4.79 Å². The summed E-state index contributed by atoms with van der Waals surface area (Å²) in [5.41, 5.74) is 0. The number of nitrogens with zero attached hydrogens (tertiary/aromatic N) is 1. The average Bonchev–Trinajstić information content (AvgIpc) is 2.72. The Balaban J connectivity index is 1.91. The third-order valence-electron chi connectivity index (χ3n) is 2.86. The van der Waals surface area contributed by atoms with Gasteiger partial charge in [-0.15, -0.1) is 0 Å². The Morgan fingerprint density at radius 1 is 1.71 bits per heavy atom. The molecule has 0 radical (unpaired) electrons. The monoisotopic (exact) mass is 193 g/mol. The van der Waals surface area contributed by atoms with E-state index < -0.39 is 0 Å². The van der Waals surface area contributed by atoms with Crippen LogP contribution in [0.5, 0.6) is 0 Å². The number of carbonyl (C=O) groups excluding carboxylic acids is 1. The first-order valence-electron chi connectivity index (χ1n) is 4.97. The molecule has 0 bridgehead atoms. The highest BCUT2D eigenvalue weighted by atomic mass is 16.3. The van der Waals surface area contributed by atoms with Gasteiger partial charge in [0.2, 0.25) is 0 Å². The average molecular weight is 193 g/mol. The second-order valence-corrected chi connectivity index (χ2v) is 4.14. The van der Waals surface area contributed by atoms with Crippen LogP contribution in [0.25, 0.3) is 0 Å². The molecule has 2 rings (SSSR count). The third-order valence-corrected chi connectivity index (χ3v) is 2.86. The molecule has 0 aliphatic heterocycles. The predicted molar refractivity (Wildman–Crippen MR) is 52.9 cm³/mol. The summed E-state index contributed by atoms with van der Waals surface area (Å²) >= 11 is 0. The lowest BCUT2D eigenvalue weighted by atomic mass is 10.3. The smallest absolute Gasteiger partial charge is 0.289 e. The van der Waals surface area contributed by atoms with Crippen LogP contribution in [0.4, 0.5) is 0 Å². The van der Waals surface area contributed by atoms with Gasteiger partial charge in [-0.05, 0) is 30.4 Å². The van der Waals surface area contributed by atoms with Crippen molar-refractivity contribution >= 4 is 5.91 Å². The van der Waals surface area contributed by atoms with E-state index in [9.17, 15) is 4.79 Å². The minimum Gasteiger partial charge on any atom is -0.459 e. The Labute approximate surface area is 83.7 Å². The number of furan rings is 1. The van der Waals surface area contributed by atoms with Crippen LogP contribution < -0.4 is 0 Å². The summed E-state index contributed by atoms with van der Waals surface area (Å²) < 4.78 is 5.05. The van der Waals surface area contributed by atoms with Crippen molar-refractivity contribution < 1.29 is 9.21 Å². The van der Waals surface area contributed by atoms with Crippen molar-refractivity contribution in [3.8, 4) is 0 Å². The van der Waals surface area contributed by atoms with E-state index in [1.165, 1.54) is 12.7 Å². The zero-order chi connectivity index (χ0) is 10.1. The fourth-order valence-corrected chi connectivity index (χ4v) is 1.68. The van der Waals surface area contributed by atoms with Gasteiger partial charge in [-0.1, -0.05) is 6.92 Å². The maximum Gasteiger partial charge on any atom is 0.289 e. The maximum atomic E-state index is 11.7. The largest absolute Gasteiger partial charge is 0.459 e. The zero-order valence-electron chi connectivity index (χ0n) is 8.56. The van der Waals surface area contributed by atoms with Crippen molar-refractivity contribution in [2.75, 3.05) is 13.6 Å². The lowest BCUT2D eigenvalue weighted by molar-refractivity contribution is 0.0755. The predicted octanol–water partition coefficient (Wildman–Crippen LogP) is 2.01. The van der Waals surface area contributed by atoms with Crippen molar-refractivity contribution in [3.63, 3.8) is 0 Å². The first kappa shape index (κ1) is 9.31. The van der Waals surface area contributed by atoms with Gasteiger partial charge in [-0.25, -0.2) is 0 Å². The van der Waals surface area contributed by atoms with Gasteiger partial charge in [0, 0.05) is 13.6 Å². The summed E-state index contributed by atoms with van der Waals surface area (Å²) in [6, 6.07) is 3.44. The highest BCUT2D eigenvalue weighted by Gasteiger charge is 2.34. The molecule has 3 nitrogen and oxygen atoms in total. The molecule has 1 amide bonds. The Hall–Kier alpha value is -1.25. The SMILES string of the molecule is CC1CC1CN(C)C(=O)c1ccco1. The Bertz CT molecular complexity index is 318. The number of rotatable bonds is 3. The van der Waals surface area contributed by atoms with Crippen LogP contribution in [0.2, 0.25) is 0 Å². The van der Waals surface area contributed by atoms with E-state index in [0.29, 0.717) is 11.7 Å². The Morgan fingerprint density at radius 2 is 2.43 bits per heavy atom. The van der Waals surface area contributed by atoms with Gasteiger partial charge >= 0.3 is 0 Å². The molecule has 2 unspecified atom stereocenters. The Kier molecular flexibility index (Phi) is 2.32. The fourth-order valence-electron chi connectivity index (χ4n) is 1.68. The van der Waals surface area contributed by atoms with Gasteiger partial charge in [-0.2, -0.15) is 0 Å². The normalized spacial score (nSPS) is 24.7. The number of carbonyl (C=O) groups is 1. The zero-order valence-corrected chi connectivity index (χ0v) is 8.56. The molecular formula is C11H15NO2. The summed E-state index contributed by atoms with van der Waals surface area (Å²) in [6.45, 7) is 3.07. The summed E-state index contributed by atoms with van der Waals surface area (Å²) in [5.74, 6) is 1.88. The lowest BCUT2D eigenvalue weighted by Crippen LogP contribution is -2.28. The molecule has 1 saturated carbocycles. The van der Waals surface area contributed by atoms with Gasteiger partial charge in [0.1, 0.15) is 0 Å². The standard InChI is InChI=1S/C11H15NO2/c1-8-6-9(8)7-12(2)11(13)10-4-3-5-14-10/h3-5,8-9H,6-7H2,1-2H3. The topological polar surface area (TPSA) is 33.5 Å². The molecule has 1 aromatic heterocycles. The molecule has 2 atom stereocenters. The number of hydrogen-bond acceptors (Lipinski definition) is 2. The van der Waals surface area contributed by atoms with Crippen molar-refractivity contribution in [2.24, 2.45) is 11.8 Å². The molecule has 1 aliphatic rings. The van der Waals surface area contributed by atoms with Crippen LogP contribution in [-0.2, 0) is 0 Å². The molecule has 76 valence electrons. The van der Waals surface area contributed by atoms with Crippen LogP contribution in [0.3, 0.4) is 0 Å². The molecule has 1 aliphatic carbocycles. The second-order valence-electron chi connectivity index (χ2n) is 4.14. The van der Waals surface area contributed by atoms with Gasteiger partial charge < -0.3 is 9.32 Å². The van der Waals surface area contributed by atoms with E-state index in [1.54, 1.807) is 17.0 Å². The van der Waals surface area contributed by atoms with E-state index in [-0.39, 0.29) is 5.91 Å². The van der Waals surface area contributed by atoms with Crippen molar-refractivity contribution in [1.29, 1.82) is 0 Å². The van der Waals surface area contributed by atoms with E-state index in [0.717, 1.165) is 12.5 Å². The van der Waals surface area contributed by atoms with Gasteiger partial charge in [0.15, 0.2) is 5.76 Å². The molecule has 3 heteroatoms. The van der Waals surface area contributed by atoms with Crippen LogP contribution >= 0.6 is 0 Å². The lowest BCUT2D eigenvalue weighted by Gasteiger charge is -2.15. The Morgan fingerprint density at radius 3 is 2.93 bits per heavy atom. The van der Waals surface area contributed by atoms with E-state index in [2.05, 4.69) is 6.92 Å². The minimum atomic E-state index is -0.0194. The third kappa shape index (κ3) is 1.81. The van der Waals surface area contributed by atoms with Crippen LogP contribution in [0.15, 0.2) is 22.8 Å². The minimum absolute atomic E-state index is 0.0194. The quantitative estimate of drug-likeness (QED) is 0.735. The van der Waals surface area contributed by atoms with E-state index in [1.807, 2.05) is 7.05 Å². The fraction of sp³-hybridized carbons (Fsp3) is 0.545. The second kappa shape index (κ2) is 3.48. The maximum absolute atomic E-state index is 11.7. The number of amides is 1. The highest BCUT2D eigenvalue weighted by molar-refractivity contribution is 5.91. The van der Waals surface area contributed by atoms with E-state index in [4.69, 9.17) is 4.42 Å². The molecule has 1 fully saturated rings. The molecule has 0 N–H and O–H groups in total. The molecule has 0 saturated heterocycles. The van der Waals surface area contributed by atoms with Gasteiger partial charge in [0.05, 0.1) is 6.26 Å². The molecule has 0 aromatic carbocycles. The molecule has 14 heavy (non-hydrogen) atoms. The first-order valence-corrected chi connectivity index (χ1v) is 4.97. The summed E-state index contributed by atoms with van der Waals surface area (Å²) in [4.78, 5) is 13.5. The molecule has 1 aromatic rings. The van der Waals surface area contributed by atoms with Crippen molar-refractivity contribution in [1.82, 2.24) is 4.90 Å².